The molecule has 0 saturated carbocycles. The lowest BCUT2D eigenvalue weighted by atomic mass is 9.97. The normalized spacial score (nSPS) is 19.1. The summed E-state index contributed by atoms with van der Waals surface area (Å²) < 4.78 is 2.33. The number of benzene rings is 1. The van der Waals surface area contributed by atoms with Gasteiger partial charge in [-0.2, -0.15) is 0 Å². The minimum atomic E-state index is 0.0371. The lowest BCUT2D eigenvalue weighted by molar-refractivity contribution is 0.367. The average Bonchev–Trinajstić information content (AvgIpc) is 3.17. The van der Waals surface area contributed by atoms with E-state index < -0.39 is 0 Å². The van der Waals surface area contributed by atoms with Gasteiger partial charge < -0.3 is 14.8 Å². The molecule has 2 aromatic heterocycles. The van der Waals surface area contributed by atoms with Gasteiger partial charge in [-0.3, -0.25) is 4.98 Å². The van der Waals surface area contributed by atoms with E-state index in [9.17, 15) is 0 Å². The monoisotopic (exact) mass is 390 g/mol. The van der Waals surface area contributed by atoms with Crippen LogP contribution in [0.3, 0.4) is 0 Å². The molecule has 28 heavy (non-hydrogen) atoms. The van der Waals surface area contributed by atoms with Crippen molar-refractivity contribution in [1.82, 2.24) is 19.8 Å². The van der Waals surface area contributed by atoms with Crippen molar-refractivity contribution in [3.8, 4) is 5.69 Å². The third kappa shape index (κ3) is 3.10. The van der Waals surface area contributed by atoms with Crippen LogP contribution in [0, 0.1) is 13.8 Å². The first-order chi connectivity index (χ1) is 13.5. The molecule has 0 bridgehead atoms. The van der Waals surface area contributed by atoms with Crippen LogP contribution in [-0.2, 0) is 6.42 Å². The third-order valence-corrected chi connectivity index (χ3v) is 6.14. The zero-order valence-electron chi connectivity index (χ0n) is 16.8. The lowest BCUT2D eigenvalue weighted by Crippen LogP contribution is -2.25. The summed E-state index contributed by atoms with van der Waals surface area (Å²) in [7, 11) is 2.06. The molecule has 1 aliphatic heterocycles. The number of nitrogens with one attached hydrogen (secondary N) is 1. The van der Waals surface area contributed by atoms with Crippen LogP contribution >= 0.6 is 12.2 Å². The minimum absolute atomic E-state index is 0.0371. The van der Waals surface area contributed by atoms with E-state index >= 15 is 0 Å². The zero-order valence-corrected chi connectivity index (χ0v) is 17.6. The summed E-state index contributed by atoms with van der Waals surface area (Å²) in [4.78, 5) is 6.74. The Labute approximate surface area is 172 Å². The van der Waals surface area contributed by atoms with Gasteiger partial charge in [0.1, 0.15) is 0 Å². The number of thiocarbonyl (C=S) groups is 1. The van der Waals surface area contributed by atoms with Crippen LogP contribution in [0.4, 0.5) is 0 Å². The Morgan fingerprint density at radius 1 is 1.11 bits per heavy atom. The summed E-state index contributed by atoms with van der Waals surface area (Å²) in [6, 6.07) is 17.3. The summed E-state index contributed by atoms with van der Waals surface area (Å²) in [6.07, 6.45) is 2.89. The van der Waals surface area contributed by atoms with E-state index in [1.165, 1.54) is 28.2 Å². The number of pyridine rings is 1. The predicted molar refractivity (Wildman–Crippen MR) is 118 cm³/mol. The Hall–Kier alpha value is -2.66. The highest BCUT2D eigenvalue weighted by atomic mass is 32.1. The van der Waals surface area contributed by atoms with E-state index in [1.807, 2.05) is 18.3 Å². The summed E-state index contributed by atoms with van der Waals surface area (Å²) in [5.74, 6) is 0. The molecule has 1 aromatic carbocycles. The molecule has 5 heteroatoms. The number of likely N-dealkylation sites (N-methyl/N-ethyl adjacent to an activating group) is 1. The van der Waals surface area contributed by atoms with E-state index in [1.54, 1.807) is 0 Å². The Bertz CT molecular complexity index is 991. The maximum atomic E-state index is 5.58. The average molecular weight is 391 g/mol. The molecule has 0 unspecified atom stereocenters. The highest BCUT2D eigenvalue weighted by molar-refractivity contribution is 7.80. The summed E-state index contributed by atoms with van der Waals surface area (Å²) in [5, 5.41) is 4.23. The molecule has 4 rings (SSSR count). The first-order valence-corrected chi connectivity index (χ1v) is 10.1. The predicted octanol–water partition coefficient (Wildman–Crippen LogP) is 4.65. The number of aryl methyl sites for hydroxylation is 2. The second-order valence-electron chi connectivity index (χ2n) is 7.42. The zero-order chi connectivity index (χ0) is 19.8. The fraction of sp³-hybridized carbons (Fsp3) is 0.304. The molecule has 0 spiro atoms. The number of nitrogens with zero attached hydrogens (tertiary/aromatic N) is 3. The molecule has 0 radical (unpaired) electrons. The van der Waals surface area contributed by atoms with Gasteiger partial charge in [-0.25, -0.2) is 0 Å². The van der Waals surface area contributed by atoms with E-state index in [4.69, 9.17) is 12.2 Å². The van der Waals surface area contributed by atoms with Gasteiger partial charge in [-0.1, -0.05) is 25.1 Å². The fourth-order valence-electron chi connectivity index (χ4n) is 4.21. The molecule has 1 fully saturated rings. The lowest BCUT2D eigenvalue weighted by Gasteiger charge is -2.24. The first kappa shape index (κ1) is 18.7. The Morgan fingerprint density at radius 2 is 1.86 bits per heavy atom. The van der Waals surface area contributed by atoms with E-state index in [-0.39, 0.29) is 12.1 Å². The Morgan fingerprint density at radius 3 is 2.50 bits per heavy atom. The van der Waals surface area contributed by atoms with Gasteiger partial charge in [0.15, 0.2) is 5.11 Å². The molecule has 3 heterocycles. The van der Waals surface area contributed by atoms with Crippen molar-refractivity contribution in [3.05, 3.63) is 82.9 Å². The summed E-state index contributed by atoms with van der Waals surface area (Å²) in [6.45, 7) is 6.55. The van der Waals surface area contributed by atoms with Gasteiger partial charge >= 0.3 is 0 Å². The third-order valence-electron chi connectivity index (χ3n) is 5.73. The molecule has 2 atom stereocenters. The van der Waals surface area contributed by atoms with Crippen LogP contribution < -0.4 is 5.32 Å². The number of hydrogen-bond acceptors (Lipinski definition) is 2. The Kier molecular flexibility index (Phi) is 4.94. The van der Waals surface area contributed by atoms with Gasteiger partial charge in [-0.05, 0) is 73.9 Å². The van der Waals surface area contributed by atoms with Gasteiger partial charge in [-0.15, -0.1) is 0 Å². The van der Waals surface area contributed by atoms with Crippen molar-refractivity contribution >= 4 is 17.3 Å². The topological polar surface area (TPSA) is 33.1 Å². The van der Waals surface area contributed by atoms with Gasteiger partial charge in [0.2, 0.25) is 0 Å². The van der Waals surface area contributed by atoms with Crippen molar-refractivity contribution in [2.75, 3.05) is 7.05 Å². The maximum Gasteiger partial charge on any atom is 0.169 e. The molecule has 0 amide bonds. The fourth-order valence-corrected chi connectivity index (χ4v) is 4.45. The highest BCUT2D eigenvalue weighted by Gasteiger charge is 2.39. The summed E-state index contributed by atoms with van der Waals surface area (Å²) >= 11 is 5.58. The molecule has 1 aliphatic rings. The van der Waals surface area contributed by atoms with Crippen molar-refractivity contribution in [2.45, 2.75) is 39.3 Å². The highest BCUT2D eigenvalue weighted by Crippen LogP contribution is 2.40. The molecule has 144 valence electrons. The van der Waals surface area contributed by atoms with Crippen LogP contribution in [0.5, 0.6) is 0 Å². The molecule has 4 nitrogen and oxygen atoms in total. The standard InChI is InChI=1S/C23H26N4S/c1-5-17-9-11-18(12-10-17)27-15(2)14-19(16(27)3)22-21(25-23(28)26(22)4)20-8-6-7-13-24-20/h6-14,21-22H,5H2,1-4H3,(H,25,28)/t21-,22+/m1/s1. The van der Waals surface area contributed by atoms with Crippen molar-refractivity contribution < 1.29 is 0 Å². The largest absolute Gasteiger partial charge is 0.352 e. The second-order valence-corrected chi connectivity index (χ2v) is 7.81. The molecular formula is C23H26N4S. The van der Waals surface area contributed by atoms with Crippen molar-refractivity contribution in [2.24, 2.45) is 0 Å². The minimum Gasteiger partial charge on any atom is -0.352 e. The number of aromatic nitrogens is 2. The van der Waals surface area contributed by atoms with Crippen LogP contribution in [0.25, 0.3) is 5.69 Å². The van der Waals surface area contributed by atoms with E-state index in [0.717, 1.165) is 17.2 Å². The van der Waals surface area contributed by atoms with Gasteiger partial charge in [0.25, 0.3) is 0 Å². The Balaban J connectivity index is 1.78. The maximum absolute atomic E-state index is 5.58. The molecule has 0 aliphatic carbocycles. The van der Waals surface area contributed by atoms with Crippen molar-refractivity contribution in [3.63, 3.8) is 0 Å². The molecule has 3 aromatic rings. The van der Waals surface area contributed by atoms with Crippen molar-refractivity contribution in [1.29, 1.82) is 0 Å². The van der Waals surface area contributed by atoms with Crippen LogP contribution in [0.15, 0.2) is 54.7 Å². The molecule has 1 N–H and O–H groups in total. The second kappa shape index (κ2) is 7.40. The number of rotatable bonds is 4. The number of hydrogen-bond donors (Lipinski definition) is 1. The van der Waals surface area contributed by atoms with Gasteiger partial charge in [0.05, 0.1) is 17.8 Å². The van der Waals surface area contributed by atoms with Crippen LogP contribution in [0.2, 0.25) is 0 Å². The van der Waals surface area contributed by atoms with Gasteiger partial charge in [0, 0.05) is 30.3 Å². The van der Waals surface area contributed by atoms with Crippen LogP contribution in [-0.4, -0.2) is 26.6 Å². The van der Waals surface area contributed by atoms with E-state index in [0.29, 0.717) is 0 Å². The quantitative estimate of drug-likeness (QED) is 0.657. The van der Waals surface area contributed by atoms with E-state index in [2.05, 4.69) is 84.0 Å². The van der Waals surface area contributed by atoms with Crippen LogP contribution in [0.1, 0.15) is 47.2 Å². The molecule has 1 saturated heterocycles. The first-order valence-electron chi connectivity index (χ1n) is 9.73. The molecular weight excluding hydrogens is 364 g/mol. The SMILES string of the molecule is CCc1ccc(-n2c(C)cc([C@H]3[C@@H](c4ccccn4)NC(=S)N3C)c2C)cc1. The summed E-state index contributed by atoms with van der Waals surface area (Å²) in [5.41, 5.74) is 7.31. The smallest absolute Gasteiger partial charge is 0.169 e.